The molecule has 0 amide bonds. The van der Waals surface area contributed by atoms with Crippen molar-refractivity contribution in [1.29, 1.82) is 0 Å². The van der Waals surface area contributed by atoms with E-state index < -0.39 is 24.0 Å². The summed E-state index contributed by atoms with van der Waals surface area (Å²) in [6.45, 7) is -4.29. The molecule has 0 atom stereocenters. The molecule has 14 heavy (non-hydrogen) atoms. The van der Waals surface area contributed by atoms with Crippen molar-refractivity contribution in [2.24, 2.45) is 0 Å². The van der Waals surface area contributed by atoms with Crippen LogP contribution in [0, 0.1) is 12.7 Å². The largest absolute Gasteiger partial charge is 1.00 e. The third-order valence-corrected chi connectivity index (χ3v) is 1.68. The summed E-state index contributed by atoms with van der Waals surface area (Å²) in [7, 11) is 0. The predicted octanol–water partition coefficient (Wildman–Crippen LogP) is -1.10. The Kier molecular flexibility index (Phi) is 5.14. The summed E-state index contributed by atoms with van der Waals surface area (Å²) in [5.74, 6) is -2.46. The number of aromatic hydroxyl groups is 1. The zero-order valence-electron chi connectivity index (χ0n) is 7.69. The third-order valence-electron chi connectivity index (χ3n) is 1.68. The zero-order chi connectivity index (χ0) is 10.2. The fourth-order valence-electron chi connectivity index (χ4n) is 1.00. The molecule has 1 N–H and O–H groups in total. The summed E-state index contributed by atoms with van der Waals surface area (Å²) in [6.07, 6.45) is 0. The van der Waals surface area contributed by atoms with Crippen molar-refractivity contribution in [3.05, 3.63) is 23.5 Å². The van der Waals surface area contributed by atoms with Gasteiger partial charge < -0.3 is 18.1 Å². The molecule has 1 aromatic carbocycles. The van der Waals surface area contributed by atoms with E-state index in [2.05, 4.69) is 0 Å². The Bertz CT molecular complexity index is 339. The Balaban J connectivity index is 0.00000169. The Hall–Kier alpha value is 0.441. The fraction of sp³-hybridized carbons (Fsp3) is 0.143. The molecule has 0 bridgehead atoms. The molecule has 0 saturated carbocycles. The maximum Gasteiger partial charge on any atom is 1.00 e. The van der Waals surface area contributed by atoms with Crippen molar-refractivity contribution in [3.8, 4) is 5.75 Å². The molecular formula is C7H6BF4KO. The van der Waals surface area contributed by atoms with Crippen LogP contribution in [0.2, 0.25) is 0 Å². The number of hydrogen-bond acceptors (Lipinski definition) is 1. The summed E-state index contributed by atoms with van der Waals surface area (Å²) in [4.78, 5) is 0. The molecule has 0 heterocycles. The normalized spacial score (nSPS) is 10.9. The van der Waals surface area contributed by atoms with Gasteiger partial charge in [-0.15, -0.1) is 0 Å². The minimum absolute atomic E-state index is 0. The second kappa shape index (κ2) is 4.98. The summed E-state index contributed by atoms with van der Waals surface area (Å²) in [5.41, 5.74) is -1.67. The molecule has 7 heteroatoms. The first-order valence-corrected chi connectivity index (χ1v) is 3.52. The summed E-state index contributed by atoms with van der Waals surface area (Å²) in [6, 6.07) is 1.93. The van der Waals surface area contributed by atoms with E-state index >= 15 is 0 Å². The van der Waals surface area contributed by atoms with E-state index in [-0.39, 0.29) is 56.9 Å². The van der Waals surface area contributed by atoms with Gasteiger partial charge in [-0.2, -0.15) is 0 Å². The van der Waals surface area contributed by atoms with Crippen LogP contribution < -0.4 is 56.8 Å². The molecule has 0 aliphatic carbocycles. The molecule has 0 aliphatic rings. The van der Waals surface area contributed by atoms with E-state index in [1.54, 1.807) is 0 Å². The first kappa shape index (κ1) is 14.4. The number of hydrogen-bond donors (Lipinski definition) is 1. The molecule has 0 fully saturated rings. The van der Waals surface area contributed by atoms with Gasteiger partial charge in [-0.25, -0.2) is 4.39 Å². The maximum atomic E-state index is 12.9. The van der Waals surface area contributed by atoms with Gasteiger partial charge in [-0.05, 0) is 24.0 Å². The zero-order valence-corrected chi connectivity index (χ0v) is 10.8. The van der Waals surface area contributed by atoms with Crippen LogP contribution in [0.1, 0.15) is 5.56 Å². The van der Waals surface area contributed by atoms with Crippen LogP contribution in [-0.2, 0) is 0 Å². The number of halogens is 4. The van der Waals surface area contributed by atoms with Crippen LogP contribution in [0.5, 0.6) is 5.75 Å². The molecule has 1 nitrogen and oxygen atoms in total. The van der Waals surface area contributed by atoms with Crippen molar-refractivity contribution < 1.29 is 73.8 Å². The minimum Gasteiger partial charge on any atom is -0.511 e. The quantitative estimate of drug-likeness (QED) is 0.481. The minimum atomic E-state index is -5.50. The van der Waals surface area contributed by atoms with Crippen LogP contribution in [0.4, 0.5) is 17.3 Å². The molecule has 1 aromatic rings. The Labute approximate surface area is 121 Å². The summed E-state index contributed by atoms with van der Waals surface area (Å²) in [5, 5.41) is 8.81. The van der Waals surface area contributed by atoms with Crippen LogP contribution in [0.15, 0.2) is 12.1 Å². The van der Waals surface area contributed by atoms with Crippen molar-refractivity contribution in [2.75, 3.05) is 0 Å². The smallest absolute Gasteiger partial charge is 0.511 e. The Morgan fingerprint density at radius 2 is 1.71 bits per heavy atom. The number of rotatable bonds is 1. The third kappa shape index (κ3) is 2.96. The van der Waals surface area contributed by atoms with Gasteiger partial charge >= 0.3 is 58.4 Å². The molecule has 0 spiro atoms. The van der Waals surface area contributed by atoms with Gasteiger partial charge in [-0.1, -0.05) is 6.07 Å². The van der Waals surface area contributed by atoms with E-state index in [1.807, 2.05) is 0 Å². The maximum absolute atomic E-state index is 12.9. The molecule has 0 aliphatic heterocycles. The molecular weight excluding hydrogens is 226 g/mol. The molecule has 1 rings (SSSR count). The van der Waals surface area contributed by atoms with Gasteiger partial charge in [0, 0.05) is 0 Å². The predicted molar refractivity (Wildman–Crippen MR) is 41.5 cm³/mol. The standard InChI is InChI=1S/C7H6BF4O.K/c1-4-2-3-5(13)6(7(4)9)8(10,11)12;/h2-3,13H,1H3;/q-1;+1. The van der Waals surface area contributed by atoms with Crippen molar-refractivity contribution in [2.45, 2.75) is 6.92 Å². The van der Waals surface area contributed by atoms with Gasteiger partial charge in [-0.3, -0.25) is 0 Å². The molecule has 72 valence electrons. The van der Waals surface area contributed by atoms with Gasteiger partial charge in [0.25, 0.3) is 0 Å². The van der Waals surface area contributed by atoms with Gasteiger partial charge in [0.1, 0.15) is 5.82 Å². The summed E-state index contributed by atoms with van der Waals surface area (Å²) >= 11 is 0. The van der Waals surface area contributed by atoms with E-state index in [9.17, 15) is 17.3 Å². The first-order valence-electron chi connectivity index (χ1n) is 3.52. The molecule has 0 radical (unpaired) electrons. The summed E-state index contributed by atoms with van der Waals surface area (Å²) < 4.78 is 49.4. The van der Waals surface area contributed by atoms with E-state index in [1.165, 1.54) is 6.92 Å². The van der Waals surface area contributed by atoms with E-state index in [4.69, 9.17) is 5.11 Å². The number of aryl methyl sites for hydroxylation is 1. The molecule has 0 saturated heterocycles. The van der Waals surface area contributed by atoms with Gasteiger partial charge in [0.2, 0.25) is 0 Å². The second-order valence-corrected chi connectivity index (χ2v) is 2.70. The van der Waals surface area contributed by atoms with Crippen molar-refractivity contribution in [3.63, 3.8) is 0 Å². The average molecular weight is 232 g/mol. The Morgan fingerprint density at radius 3 is 2.07 bits per heavy atom. The number of phenols is 1. The topological polar surface area (TPSA) is 20.2 Å². The van der Waals surface area contributed by atoms with Crippen molar-refractivity contribution in [1.82, 2.24) is 0 Å². The SMILES string of the molecule is Cc1ccc(O)c([B-](F)(F)F)c1F.[K+]. The number of phenolic OH excluding ortho intramolecular Hbond substituents is 1. The van der Waals surface area contributed by atoms with Gasteiger partial charge in [0.05, 0.1) is 5.75 Å². The average Bonchev–Trinajstić information content (AvgIpc) is 1.95. The van der Waals surface area contributed by atoms with Crippen LogP contribution in [-0.4, -0.2) is 12.1 Å². The second-order valence-electron chi connectivity index (χ2n) is 2.70. The fourth-order valence-corrected chi connectivity index (χ4v) is 1.00. The van der Waals surface area contributed by atoms with E-state index in [0.29, 0.717) is 0 Å². The van der Waals surface area contributed by atoms with Crippen LogP contribution in [0.3, 0.4) is 0 Å². The number of benzene rings is 1. The Morgan fingerprint density at radius 1 is 1.21 bits per heavy atom. The van der Waals surface area contributed by atoms with Crippen LogP contribution >= 0.6 is 0 Å². The van der Waals surface area contributed by atoms with Crippen molar-refractivity contribution >= 4 is 12.4 Å². The van der Waals surface area contributed by atoms with E-state index in [0.717, 1.165) is 12.1 Å². The monoisotopic (exact) mass is 232 g/mol. The molecule has 0 aromatic heterocycles. The van der Waals surface area contributed by atoms with Crippen LogP contribution in [0.25, 0.3) is 0 Å². The first-order chi connectivity index (χ1) is 5.84. The van der Waals surface area contributed by atoms with Gasteiger partial charge in [0.15, 0.2) is 0 Å². The molecule has 0 unspecified atom stereocenters.